The van der Waals surface area contributed by atoms with Crippen LogP contribution < -0.4 is 5.32 Å². The molecule has 2 rings (SSSR count). The second kappa shape index (κ2) is 3.62. The van der Waals surface area contributed by atoms with Crippen molar-refractivity contribution in [2.24, 2.45) is 0 Å². The zero-order valence-electron chi connectivity index (χ0n) is 9.05. The van der Waals surface area contributed by atoms with Crippen molar-refractivity contribution in [2.45, 2.75) is 26.4 Å². The van der Waals surface area contributed by atoms with Gasteiger partial charge in [-0.05, 0) is 37.5 Å². The Labute approximate surface area is 85.3 Å². The molecule has 0 saturated heterocycles. The van der Waals surface area contributed by atoms with Crippen molar-refractivity contribution in [3.8, 4) is 0 Å². The van der Waals surface area contributed by atoms with E-state index >= 15 is 0 Å². The van der Waals surface area contributed by atoms with Gasteiger partial charge >= 0.3 is 0 Å². The summed E-state index contributed by atoms with van der Waals surface area (Å²) in [4.78, 5) is 0. The number of hydrogen-bond acceptors (Lipinski definition) is 2. The summed E-state index contributed by atoms with van der Waals surface area (Å²) in [7, 11) is 1.79. The molecule has 76 valence electrons. The number of aryl methyl sites for hydroxylation is 2. The molecule has 1 N–H and O–H groups in total. The highest BCUT2D eigenvalue weighted by Crippen LogP contribution is 2.35. The second-order valence-corrected chi connectivity index (χ2v) is 3.98. The van der Waals surface area contributed by atoms with Gasteiger partial charge in [-0.3, -0.25) is 0 Å². The fourth-order valence-electron chi connectivity index (χ4n) is 2.27. The number of ether oxygens (including phenoxy) is 1. The maximum absolute atomic E-state index is 5.50. The van der Waals surface area contributed by atoms with Gasteiger partial charge in [0.2, 0.25) is 0 Å². The highest BCUT2D eigenvalue weighted by Gasteiger charge is 2.21. The molecule has 0 aliphatic carbocycles. The SMILES string of the molecule is COC1CCNc2cc(C)cc(C)c21. The van der Waals surface area contributed by atoms with Gasteiger partial charge in [-0.2, -0.15) is 0 Å². The van der Waals surface area contributed by atoms with Crippen LogP contribution in [-0.2, 0) is 4.74 Å². The van der Waals surface area contributed by atoms with Gasteiger partial charge in [0.1, 0.15) is 0 Å². The average Bonchev–Trinajstić information content (AvgIpc) is 2.16. The molecule has 0 amide bonds. The lowest BCUT2D eigenvalue weighted by molar-refractivity contribution is 0.0959. The Bertz CT molecular complexity index is 346. The molecule has 14 heavy (non-hydrogen) atoms. The van der Waals surface area contributed by atoms with E-state index in [1.165, 1.54) is 22.4 Å². The number of nitrogens with one attached hydrogen (secondary N) is 1. The van der Waals surface area contributed by atoms with Crippen LogP contribution in [0.4, 0.5) is 5.69 Å². The maximum Gasteiger partial charge on any atom is 0.0860 e. The molecule has 1 atom stereocenters. The van der Waals surface area contributed by atoms with Crippen LogP contribution in [0.2, 0.25) is 0 Å². The summed E-state index contributed by atoms with van der Waals surface area (Å²) in [6.07, 6.45) is 1.33. The molecule has 0 bridgehead atoms. The van der Waals surface area contributed by atoms with E-state index in [-0.39, 0.29) is 6.10 Å². The quantitative estimate of drug-likeness (QED) is 0.737. The van der Waals surface area contributed by atoms with E-state index in [2.05, 4.69) is 31.3 Å². The van der Waals surface area contributed by atoms with Crippen molar-refractivity contribution in [3.63, 3.8) is 0 Å². The van der Waals surface area contributed by atoms with Crippen LogP contribution in [0.25, 0.3) is 0 Å². The molecule has 0 fully saturated rings. The molecule has 1 aliphatic rings. The van der Waals surface area contributed by atoms with Crippen molar-refractivity contribution in [1.82, 2.24) is 0 Å². The Morgan fingerprint density at radius 1 is 1.36 bits per heavy atom. The van der Waals surface area contributed by atoms with Gasteiger partial charge in [-0.25, -0.2) is 0 Å². The first kappa shape index (κ1) is 9.53. The first-order valence-corrected chi connectivity index (χ1v) is 5.10. The van der Waals surface area contributed by atoms with Crippen molar-refractivity contribution < 1.29 is 4.74 Å². The highest BCUT2D eigenvalue weighted by atomic mass is 16.5. The van der Waals surface area contributed by atoms with E-state index < -0.39 is 0 Å². The predicted molar refractivity (Wildman–Crippen MR) is 58.8 cm³/mol. The number of rotatable bonds is 1. The minimum Gasteiger partial charge on any atom is -0.385 e. The van der Waals surface area contributed by atoms with Gasteiger partial charge in [-0.1, -0.05) is 6.07 Å². The largest absolute Gasteiger partial charge is 0.385 e. The van der Waals surface area contributed by atoms with E-state index in [1.807, 2.05) is 0 Å². The molecular weight excluding hydrogens is 174 g/mol. The highest BCUT2D eigenvalue weighted by molar-refractivity contribution is 5.59. The Morgan fingerprint density at radius 3 is 2.86 bits per heavy atom. The summed E-state index contributed by atoms with van der Waals surface area (Å²) in [5, 5.41) is 3.43. The lowest BCUT2D eigenvalue weighted by Crippen LogP contribution is -2.19. The van der Waals surface area contributed by atoms with Crippen molar-refractivity contribution in [2.75, 3.05) is 19.0 Å². The third-order valence-electron chi connectivity index (χ3n) is 2.86. The molecule has 0 aromatic heterocycles. The fraction of sp³-hybridized carbons (Fsp3) is 0.500. The Hall–Kier alpha value is -1.02. The molecule has 1 aromatic carbocycles. The molecule has 1 unspecified atom stereocenters. The Morgan fingerprint density at radius 2 is 2.14 bits per heavy atom. The summed E-state index contributed by atoms with van der Waals surface area (Å²) in [6.45, 7) is 5.30. The number of anilines is 1. The van der Waals surface area contributed by atoms with Gasteiger partial charge in [-0.15, -0.1) is 0 Å². The van der Waals surface area contributed by atoms with E-state index in [4.69, 9.17) is 4.74 Å². The molecule has 0 radical (unpaired) electrons. The zero-order valence-corrected chi connectivity index (χ0v) is 9.05. The van der Waals surface area contributed by atoms with Gasteiger partial charge in [0.15, 0.2) is 0 Å². The summed E-state index contributed by atoms with van der Waals surface area (Å²) in [6, 6.07) is 4.42. The molecular formula is C12H17NO. The molecule has 2 nitrogen and oxygen atoms in total. The van der Waals surface area contributed by atoms with E-state index in [1.54, 1.807) is 7.11 Å². The normalized spacial score (nSPS) is 20.1. The monoisotopic (exact) mass is 191 g/mol. The van der Waals surface area contributed by atoms with E-state index in [0.717, 1.165) is 13.0 Å². The average molecular weight is 191 g/mol. The van der Waals surface area contributed by atoms with Crippen molar-refractivity contribution in [1.29, 1.82) is 0 Å². The van der Waals surface area contributed by atoms with Gasteiger partial charge in [0, 0.05) is 24.9 Å². The third-order valence-corrected chi connectivity index (χ3v) is 2.86. The lowest BCUT2D eigenvalue weighted by atomic mass is 9.94. The first-order valence-electron chi connectivity index (χ1n) is 5.10. The van der Waals surface area contributed by atoms with Crippen LogP contribution in [-0.4, -0.2) is 13.7 Å². The smallest absolute Gasteiger partial charge is 0.0860 e. The second-order valence-electron chi connectivity index (χ2n) is 3.98. The third kappa shape index (κ3) is 1.50. The Kier molecular flexibility index (Phi) is 2.46. The minimum atomic E-state index is 0.270. The van der Waals surface area contributed by atoms with E-state index in [9.17, 15) is 0 Å². The van der Waals surface area contributed by atoms with E-state index in [0.29, 0.717) is 0 Å². The molecule has 2 heteroatoms. The van der Waals surface area contributed by atoms with Crippen LogP contribution in [0.1, 0.15) is 29.2 Å². The number of hydrogen-bond donors (Lipinski definition) is 1. The van der Waals surface area contributed by atoms with Crippen LogP contribution in [0.15, 0.2) is 12.1 Å². The molecule has 1 aliphatic heterocycles. The van der Waals surface area contributed by atoms with Crippen LogP contribution in [0.5, 0.6) is 0 Å². The summed E-state index contributed by atoms with van der Waals surface area (Å²) < 4.78 is 5.50. The van der Waals surface area contributed by atoms with Crippen molar-refractivity contribution in [3.05, 3.63) is 28.8 Å². The fourth-order valence-corrected chi connectivity index (χ4v) is 2.27. The maximum atomic E-state index is 5.50. The molecule has 0 saturated carbocycles. The summed E-state index contributed by atoms with van der Waals surface area (Å²) in [5.41, 5.74) is 5.23. The molecule has 1 heterocycles. The minimum absolute atomic E-state index is 0.270. The van der Waals surface area contributed by atoms with Crippen LogP contribution in [0, 0.1) is 13.8 Å². The van der Waals surface area contributed by atoms with Gasteiger partial charge in [0.25, 0.3) is 0 Å². The lowest BCUT2D eigenvalue weighted by Gasteiger charge is -2.27. The molecule has 1 aromatic rings. The van der Waals surface area contributed by atoms with Crippen LogP contribution >= 0.6 is 0 Å². The Balaban J connectivity index is 2.51. The van der Waals surface area contributed by atoms with Crippen molar-refractivity contribution >= 4 is 5.69 Å². The number of fused-ring (bicyclic) bond motifs is 1. The number of methoxy groups -OCH3 is 1. The standard InChI is InChI=1S/C12H17NO/c1-8-6-9(2)12-10(7-8)13-5-4-11(12)14-3/h6-7,11,13H,4-5H2,1-3H3. The predicted octanol–water partition coefficient (Wildman–Crippen LogP) is 2.81. The molecule has 0 spiro atoms. The van der Waals surface area contributed by atoms with Gasteiger partial charge < -0.3 is 10.1 Å². The number of benzene rings is 1. The zero-order chi connectivity index (χ0) is 10.1. The van der Waals surface area contributed by atoms with Gasteiger partial charge in [0.05, 0.1) is 6.10 Å². The topological polar surface area (TPSA) is 21.3 Å². The summed E-state index contributed by atoms with van der Waals surface area (Å²) in [5.74, 6) is 0. The van der Waals surface area contributed by atoms with Crippen LogP contribution in [0.3, 0.4) is 0 Å². The first-order chi connectivity index (χ1) is 6.72. The summed E-state index contributed by atoms with van der Waals surface area (Å²) >= 11 is 0.